The monoisotopic (exact) mass is 553 g/mol. The van der Waals surface area contributed by atoms with Crippen LogP contribution in [0.25, 0.3) is 0 Å². The van der Waals surface area contributed by atoms with Crippen LogP contribution in [0.15, 0.2) is 35.2 Å². The van der Waals surface area contributed by atoms with Crippen LogP contribution in [0.3, 0.4) is 0 Å². The van der Waals surface area contributed by atoms with Crippen LogP contribution in [0, 0.1) is 11.8 Å². The summed E-state index contributed by atoms with van der Waals surface area (Å²) < 4.78 is 43.0. The molecule has 1 aliphatic heterocycles. The highest BCUT2D eigenvalue weighted by Gasteiger charge is 2.57. The van der Waals surface area contributed by atoms with Gasteiger partial charge in [0.05, 0.1) is 25.7 Å². The molecule has 0 saturated carbocycles. The van der Waals surface area contributed by atoms with Gasteiger partial charge in [0.25, 0.3) is 10.0 Å². The zero-order valence-electron chi connectivity index (χ0n) is 22.6. The van der Waals surface area contributed by atoms with Gasteiger partial charge in [-0.25, -0.2) is 22.8 Å². The van der Waals surface area contributed by atoms with Gasteiger partial charge in [0.2, 0.25) is 5.54 Å². The Kier molecular flexibility index (Phi) is 10.7. The van der Waals surface area contributed by atoms with E-state index >= 15 is 0 Å². The fraction of sp³-hybridized carbons (Fsp3) is 0.560. The summed E-state index contributed by atoms with van der Waals surface area (Å²) >= 11 is 0. The SMILES string of the molecule is CC#CCON(CC(C(=O)OC)(C(=O)OC)N1CCN(C(=O)OC(C)(C)C)CC1)S(=O)(=O)c1ccccc1. The summed E-state index contributed by atoms with van der Waals surface area (Å²) in [5.41, 5.74) is -2.95. The summed E-state index contributed by atoms with van der Waals surface area (Å²) in [7, 11) is -2.21. The molecule has 0 spiro atoms. The molecule has 1 aromatic rings. The number of ether oxygens (including phenoxy) is 3. The van der Waals surface area contributed by atoms with Crippen LogP contribution in [0.2, 0.25) is 0 Å². The van der Waals surface area contributed by atoms with Crippen molar-refractivity contribution in [3.8, 4) is 11.8 Å². The molecule has 0 atom stereocenters. The van der Waals surface area contributed by atoms with Gasteiger partial charge in [-0.1, -0.05) is 28.6 Å². The lowest BCUT2D eigenvalue weighted by Gasteiger charge is -2.44. The maximum absolute atomic E-state index is 13.5. The summed E-state index contributed by atoms with van der Waals surface area (Å²) in [6.07, 6.45) is -0.548. The quantitative estimate of drug-likeness (QED) is 0.145. The maximum Gasteiger partial charge on any atom is 0.410 e. The Morgan fingerprint density at radius 2 is 1.53 bits per heavy atom. The second kappa shape index (κ2) is 13.1. The van der Waals surface area contributed by atoms with Crippen molar-refractivity contribution in [2.24, 2.45) is 0 Å². The number of carbonyl (C=O) groups is 3. The molecule has 38 heavy (non-hydrogen) atoms. The largest absolute Gasteiger partial charge is 0.467 e. The van der Waals surface area contributed by atoms with E-state index in [1.54, 1.807) is 33.8 Å². The molecular formula is C25H35N3O9S. The van der Waals surface area contributed by atoms with Gasteiger partial charge in [-0.2, -0.15) is 0 Å². The molecule has 0 aliphatic carbocycles. The van der Waals surface area contributed by atoms with Gasteiger partial charge in [0.15, 0.2) is 0 Å². The van der Waals surface area contributed by atoms with Crippen molar-refractivity contribution >= 4 is 28.1 Å². The molecule has 1 aliphatic rings. The Morgan fingerprint density at radius 3 is 2.00 bits per heavy atom. The third-order valence-corrected chi connectivity index (χ3v) is 7.28. The standard InChI is InChI=1S/C25H35N3O9S/c1-7-8-18-36-28(38(32,33)20-12-10-9-11-13-20)19-25(21(29)34-5,22(30)35-6)27-16-14-26(15-17-27)23(31)37-24(2,3)4/h9-13H,14-19H2,1-6H3. The zero-order chi connectivity index (χ0) is 28.6. The predicted molar refractivity (Wildman–Crippen MR) is 136 cm³/mol. The number of sulfonamides is 1. The fourth-order valence-electron chi connectivity index (χ4n) is 3.78. The van der Waals surface area contributed by atoms with Crippen molar-refractivity contribution in [2.45, 2.75) is 43.7 Å². The van der Waals surface area contributed by atoms with Gasteiger partial charge < -0.3 is 19.1 Å². The smallest absolute Gasteiger partial charge is 0.410 e. The first-order chi connectivity index (χ1) is 17.8. The summed E-state index contributed by atoms with van der Waals surface area (Å²) in [5.74, 6) is 3.11. The number of rotatable bonds is 9. The molecule has 1 saturated heterocycles. The number of hydrogen-bond acceptors (Lipinski definition) is 10. The summed E-state index contributed by atoms with van der Waals surface area (Å²) in [5, 5.41) is 0. The van der Waals surface area contributed by atoms with Crippen LogP contribution in [0.5, 0.6) is 0 Å². The van der Waals surface area contributed by atoms with E-state index in [4.69, 9.17) is 19.0 Å². The molecule has 0 aromatic heterocycles. The van der Waals surface area contributed by atoms with Crippen molar-refractivity contribution in [3.63, 3.8) is 0 Å². The van der Waals surface area contributed by atoms with Crippen LogP contribution < -0.4 is 0 Å². The topological polar surface area (TPSA) is 132 Å². The Hall–Kier alpha value is -3.18. The van der Waals surface area contributed by atoms with Crippen LogP contribution in [0.1, 0.15) is 27.7 Å². The predicted octanol–water partition coefficient (Wildman–Crippen LogP) is 1.27. The van der Waals surface area contributed by atoms with E-state index < -0.39 is 45.7 Å². The third-order valence-electron chi connectivity index (χ3n) is 5.64. The first kappa shape index (κ1) is 31.0. The van der Waals surface area contributed by atoms with Gasteiger partial charge in [-0.05, 0) is 39.8 Å². The molecule has 13 heteroatoms. The lowest BCUT2D eigenvalue weighted by Crippen LogP contribution is -2.70. The molecule has 12 nitrogen and oxygen atoms in total. The van der Waals surface area contributed by atoms with Gasteiger partial charge in [0, 0.05) is 26.2 Å². The van der Waals surface area contributed by atoms with Crippen molar-refractivity contribution < 1.29 is 41.8 Å². The fourth-order valence-corrected chi connectivity index (χ4v) is 5.06. The van der Waals surface area contributed by atoms with Crippen LogP contribution in [-0.2, 0) is 38.7 Å². The molecule has 0 bridgehead atoms. The van der Waals surface area contributed by atoms with E-state index in [2.05, 4.69) is 11.8 Å². The van der Waals surface area contributed by atoms with E-state index in [0.29, 0.717) is 4.47 Å². The number of hydrogen-bond donors (Lipinski definition) is 0. The molecule has 210 valence electrons. The zero-order valence-corrected chi connectivity index (χ0v) is 23.4. The average molecular weight is 554 g/mol. The number of methoxy groups -OCH3 is 2. The van der Waals surface area contributed by atoms with E-state index in [1.807, 2.05) is 0 Å². The lowest BCUT2D eigenvalue weighted by atomic mass is 9.96. The van der Waals surface area contributed by atoms with Crippen molar-refractivity contribution in [1.82, 2.24) is 14.3 Å². The third kappa shape index (κ3) is 7.22. The highest BCUT2D eigenvalue weighted by Crippen LogP contribution is 2.27. The van der Waals surface area contributed by atoms with Crippen molar-refractivity contribution in [1.29, 1.82) is 0 Å². The highest BCUT2D eigenvalue weighted by atomic mass is 32.2. The molecule has 0 unspecified atom stereocenters. The number of carbonyl (C=O) groups excluding carboxylic acids is 3. The van der Waals surface area contributed by atoms with Gasteiger partial charge in [0.1, 0.15) is 12.2 Å². The van der Waals surface area contributed by atoms with Gasteiger partial charge in [-0.3, -0.25) is 9.74 Å². The minimum atomic E-state index is -4.36. The minimum absolute atomic E-state index is 0.0113. The number of hydroxylamine groups is 1. The van der Waals surface area contributed by atoms with E-state index in [0.717, 1.165) is 14.2 Å². The molecule has 1 aromatic carbocycles. The van der Waals surface area contributed by atoms with Gasteiger partial charge in [-0.15, -0.1) is 5.92 Å². The number of amides is 1. The number of benzene rings is 1. The second-order valence-corrected chi connectivity index (χ2v) is 11.1. The first-order valence-electron chi connectivity index (χ1n) is 11.8. The van der Waals surface area contributed by atoms with Crippen LogP contribution in [0.4, 0.5) is 4.79 Å². The molecule has 0 radical (unpaired) electrons. The van der Waals surface area contributed by atoms with Crippen molar-refractivity contribution in [2.75, 3.05) is 53.6 Å². The molecule has 1 heterocycles. The summed E-state index contributed by atoms with van der Waals surface area (Å²) in [6, 6.07) is 7.41. The summed E-state index contributed by atoms with van der Waals surface area (Å²) in [4.78, 5) is 47.4. The molecule has 0 N–H and O–H groups in total. The van der Waals surface area contributed by atoms with E-state index in [1.165, 1.54) is 34.1 Å². The Morgan fingerprint density at radius 1 is 0.974 bits per heavy atom. The number of esters is 2. The Labute approximate surface area is 223 Å². The average Bonchev–Trinajstić information content (AvgIpc) is 2.89. The molecule has 1 fully saturated rings. The molecular weight excluding hydrogens is 518 g/mol. The second-order valence-electron chi connectivity index (χ2n) is 9.28. The Bertz CT molecular complexity index is 1130. The van der Waals surface area contributed by atoms with Gasteiger partial charge >= 0.3 is 18.0 Å². The number of nitrogens with zero attached hydrogens (tertiary/aromatic N) is 3. The van der Waals surface area contributed by atoms with Crippen molar-refractivity contribution in [3.05, 3.63) is 30.3 Å². The number of piperazine rings is 1. The maximum atomic E-state index is 13.5. The van der Waals surface area contributed by atoms with E-state index in [-0.39, 0.29) is 37.7 Å². The molecule has 1 amide bonds. The minimum Gasteiger partial charge on any atom is -0.467 e. The highest BCUT2D eigenvalue weighted by molar-refractivity contribution is 7.89. The lowest BCUT2D eigenvalue weighted by molar-refractivity contribution is -0.182. The molecule has 2 rings (SSSR count). The first-order valence-corrected chi connectivity index (χ1v) is 13.3. The van der Waals surface area contributed by atoms with E-state index in [9.17, 15) is 22.8 Å². The normalized spacial score (nSPS) is 14.9. The summed E-state index contributed by atoms with van der Waals surface area (Å²) in [6.45, 7) is 5.87. The Balaban J connectivity index is 2.50. The van der Waals surface area contributed by atoms with Crippen LogP contribution in [-0.4, -0.2) is 105 Å². The van der Waals surface area contributed by atoms with Crippen LogP contribution >= 0.6 is 0 Å².